The number of aromatic nitrogens is 3. The van der Waals surface area contributed by atoms with Crippen molar-refractivity contribution in [2.75, 3.05) is 20.6 Å². The average Bonchev–Trinajstić information content (AvgIpc) is 3.55. The van der Waals surface area contributed by atoms with Crippen LogP contribution in [0.4, 0.5) is 18.0 Å². The standard InChI is InChI=1S/C46H57F3N8O9S2/c1-27(2)57-35-17-13-15-33(39-50-30(26-67-39)22-28-18-20-31(21-19-28)65-46(47,48)49)37(35)52-42(57)64-32-23-36-38(58)53-45(41(60)54-68(62,63)55(6)7)24-29(45)14-11-9-8-10-12-16-34(40(59)56(36)25-32)51-43(61)66-44(3,4)5/h11,13-15,17-21,26-27,29,32,34,36H,8-10,12,16,22-25H2,1-7H3,(H,51,61)(H,53,58)(H,54,60)/b14-11-/t29-,32-,34+,36+,45-/m1/s1. The third kappa shape index (κ3) is 11.7. The van der Waals surface area contributed by atoms with Crippen molar-refractivity contribution in [3.63, 3.8) is 0 Å². The number of thiazole rings is 1. The van der Waals surface area contributed by atoms with Crippen molar-refractivity contribution in [2.24, 2.45) is 5.92 Å². The molecule has 2 aromatic heterocycles. The molecule has 22 heteroatoms. The summed E-state index contributed by atoms with van der Waals surface area (Å²) in [6.07, 6.45) is 0.652. The van der Waals surface area contributed by atoms with Crippen molar-refractivity contribution in [1.82, 2.24) is 39.1 Å². The minimum Gasteiger partial charge on any atom is -0.459 e. The molecule has 1 saturated carbocycles. The molecule has 0 unspecified atom stereocenters. The van der Waals surface area contributed by atoms with Gasteiger partial charge in [-0.25, -0.2) is 14.5 Å². The van der Waals surface area contributed by atoms with E-state index in [4.69, 9.17) is 19.4 Å². The van der Waals surface area contributed by atoms with Crippen LogP contribution >= 0.6 is 11.3 Å². The lowest BCUT2D eigenvalue weighted by Gasteiger charge is -2.30. The number of allylic oxidation sites excluding steroid dienone is 1. The number of alkyl halides is 3. The van der Waals surface area contributed by atoms with Gasteiger partial charge < -0.3 is 29.7 Å². The largest absolute Gasteiger partial charge is 0.573 e. The van der Waals surface area contributed by atoms with E-state index in [0.29, 0.717) is 47.5 Å². The van der Waals surface area contributed by atoms with Gasteiger partial charge in [0.1, 0.15) is 45.6 Å². The lowest BCUT2D eigenvalue weighted by atomic mass is 10.0. The first kappa shape index (κ1) is 50.1. The van der Waals surface area contributed by atoms with E-state index in [2.05, 4.69) is 20.1 Å². The zero-order valence-corrected chi connectivity index (χ0v) is 40.5. The Morgan fingerprint density at radius 3 is 2.46 bits per heavy atom. The van der Waals surface area contributed by atoms with Crippen LogP contribution in [0.1, 0.15) is 96.9 Å². The Morgan fingerprint density at radius 1 is 1.04 bits per heavy atom. The molecule has 2 aliphatic heterocycles. The van der Waals surface area contributed by atoms with Gasteiger partial charge in [-0.05, 0) is 90.1 Å². The zero-order valence-electron chi connectivity index (χ0n) is 38.9. The molecule has 68 heavy (non-hydrogen) atoms. The van der Waals surface area contributed by atoms with Gasteiger partial charge in [-0.3, -0.25) is 19.0 Å². The fourth-order valence-electron chi connectivity index (χ4n) is 8.44. The van der Waals surface area contributed by atoms with E-state index >= 15 is 0 Å². The van der Waals surface area contributed by atoms with Crippen LogP contribution in [-0.2, 0) is 35.8 Å². The zero-order chi connectivity index (χ0) is 49.3. The maximum atomic E-state index is 14.7. The van der Waals surface area contributed by atoms with E-state index in [-0.39, 0.29) is 43.6 Å². The smallest absolute Gasteiger partial charge is 0.459 e. The molecule has 2 aromatic carbocycles. The Balaban J connectivity index is 1.19. The minimum atomic E-state index is -4.80. The first-order valence-electron chi connectivity index (χ1n) is 22.4. The molecule has 5 atom stereocenters. The number of nitrogens with zero attached hydrogens (tertiary/aromatic N) is 5. The Hall–Kier alpha value is -5.74. The predicted octanol–water partition coefficient (Wildman–Crippen LogP) is 6.79. The highest BCUT2D eigenvalue weighted by Gasteiger charge is 2.62. The van der Waals surface area contributed by atoms with Gasteiger partial charge in [0, 0.05) is 49.8 Å². The molecule has 1 aliphatic carbocycles. The average molecular weight is 987 g/mol. The molecular weight excluding hydrogens is 930 g/mol. The van der Waals surface area contributed by atoms with E-state index in [1.807, 2.05) is 54.1 Å². The van der Waals surface area contributed by atoms with Crippen molar-refractivity contribution < 1.29 is 55.0 Å². The maximum Gasteiger partial charge on any atom is 0.573 e. The quantitative estimate of drug-likeness (QED) is 0.134. The molecule has 7 rings (SSSR count). The number of ether oxygens (including phenoxy) is 3. The highest BCUT2D eigenvalue weighted by molar-refractivity contribution is 7.87. The number of benzene rings is 2. The molecule has 3 N–H and O–H groups in total. The second kappa shape index (κ2) is 19.7. The van der Waals surface area contributed by atoms with Crippen LogP contribution in [0.2, 0.25) is 0 Å². The van der Waals surface area contributed by atoms with E-state index in [1.54, 1.807) is 32.9 Å². The van der Waals surface area contributed by atoms with Crippen molar-refractivity contribution in [3.8, 4) is 22.3 Å². The topological polar surface area (TPSA) is 203 Å². The summed E-state index contributed by atoms with van der Waals surface area (Å²) in [5, 5.41) is 8.10. The highest BCUT2D eigenvalue weighted by Crippen LogP contribution is 2.46. The minimum absolute atomic E-state index is 0.0434. The fraction of sp³-hybridized carbons (Fsp3) is 0.522. The van der Waals surface area contributed by atoms with Crippen LogP contribution in [0.5, 0.6) is 11.8 Å². The number of rotatable bonds is 11. The number of hydrogen-bond donors (Lipinski definition) is 3. The van der Waals surface area contributed by atoms with E-state index in [0.717, 1.165) is 21.8 Å². The number of para-hydroxylation sites is 1. The van der Waals surface area contributed by atoms with Gasteiger partial charge >= 0.3 is 22.7 Å². The number of imidazole rings is 1. The molecule has 0 radical (unpaired) electrons. The number of halogens is 3. The van der Waals surface area contributed by atoms with Gasteiger partial charge in [0.25, 0.3) is 11.9 Å². The number of hydrogen-bond acceptors (Lipinski definition) is 12. The fourth-order valence-corrected chi connectivity index (χ4v) is 9.89. The summed E-state index contributed by atoms with van der Waals surface area (Å²) in [4.78, 5) is 67.6. The summed E-state index contributed by atoms with van der Waals surface area (Å²) in [6, 6.07) is 8.97. The SMILES string of the molecule is CC(C)n1c(O[C@@H]2C[C@H]3C(=O)N[C@]4(C(=O)NS(=O)(=O)N(C)C)C[C@H]4/C=C\CCCCC[C@H](NC(=O)OC(C)(C)C)C(=O)N3C2)nc2c(-c3nc(Cc4ccc(OC(F)(F)F)cc4)cs3)cccc21. The normalized spacial score (nSPS) is 23.3. The van der Waals surface area contributed by atoms with Crippen LogP contribution in [0.25, 0.3) is 21.6 Å². The maximum absolute atomic E-state index is 14.7. The van der Waals surface area contributed by atoms with Gasteiger partial charge in [-0.2, -0.15) is 17.7 Å². The van der Waals surface area contributed by atoms with E-state index in [9.17, 15) is 40.8 Å². The molecule has 17 nitrogen and oxygen atoms in total. The van der Waals surface area contributed by atoms with Crippen LogP contribution < -0.4 is 24.8 Å². The molecule has 3 aliphatic rings. The molecule has 0 spiro atoms. The Bertz CT molecular complexity index is 2660. The summed E-state index contributed by atoms with van der Waals surface area (Å²) in [5.74, 6) is -3.00. The van der Waals surface area contributed by atoms with Crippen LogP contribution in [0, 0.1) is 5.92 Å². The third-order valence-corrected chi connectivity index (χ3v) is 14.2. The monoisotopic (exact) mass is 986 g/mol. The highest BCUT2D eigenvalue weighted by atomic mass is 32.2. The number of alkyl carbamates (subject to hydrolysis) is 1. The van der Waals surface area contributed by atoms with Crippen molar-refractivity contribution in [2.45, 2.75) is 128 Å². The van der Waals surface area contributed by atoms with Crippen LogP contribution in [-0.4, -0.2) is 112 Å². The molecule has 4 amide bonds. The van der Waals surface area contributed by atoms with Gasteiger partial charge in [0.05, 0.1) is 17.8 Å². The van der Waals surface area contributed by atoms with Crippen molar-refractivity contribution in [3.05, 3.63) is 71.3 Å². The molecule has 0 bridgehead atoms. The predicted molar refractivity (Wildman–Crippen MR) is 247 cm³/mol. The summed E-state index contributed by atoms with van der Waals surface area (Å²) < 4.78 is 84.8. The van der Waals surface area contributed by atoms with E-state index < -0.39 is 75.6 Å². The number of carbonyl (C=O) groups excluding carboxylic acids is 4. The van der Waals surface area contributed by atoms with Gasteiger partial charge in [-0.1, -0.05) is 43.2 Å². The second-order valence-corrected chi connectivity index (χ2v) is 21.5. The van der Waals surface area contributed by atoms with Crippen molar-refractivity contribution >= 4 is 56.4 Å². The summed E-state index contributed by atoms with van der Waals surface area (Å²) in [7, 11) is -1.68. The Kier molecular flexibility index (Phi) is 14.5. The molecular formula is C46H57F3N8O9S2. The van der Waals surface area contributed by atoms with E-state index in [1.165, 1.54) is 42.5 Å². The van der Waals surface area contributed by atoms with Gasteiger partial charge in [0.15, 0.2) is 0 Å². The van der Waals surface area contributed by atoms with Gasteiger partial charge in [0.2, 0.25) is 11.8 Å². The molecule has 368 valence electrons. The Labute approximate surface area is 397 Å². The summed E-state index contributed by atoms with van der Waals surface area (Å²) in [5.41, 5.74) is 0.943. The second-order valence-electron chi connectivity index (χ2n) is 18.8. The molecule has 4 aromatic rings. The number of amides is 4. The number of carbonyl (C=O) groups is 4. The van der Waals surface area contributed by atoms with Gasteiger partial charge in [-0.15, -0.1) is 24.5 Å². The lowest BCUT2D eigenvalue weighted by molar-refractivity contribution is -0.274. The lowest BCUT2D eigenvalue weighted by Crippen LogP contribution is -2.58. The first-order valence-corrected chi connectivity index (χ1v) is 24.8. The molecule has 2 fully saturated rings. The molecule has 4 heterocycles. The summed E-state index contributed by atoms with van der Waals surface area (Å²) in [6.45, 7) is 8.92. The number of nitrogens with one attached hydrogen (secondary N) is 3. The molecule has 1 saturated heterocycles. The van der Waals surface area contributed by atoms with Crippen LogP contribution in [0.3, 0.4) is 0 Å². The Morgan fingerprint density at radius 2 is 1.78 bits per heavy atom. The number of fused-ring (bicyclic) bond motifs is 3. The summed E-state index contributed by atoms with van der Waals surface area (Å²) >= 11 is 1.38. The van der Waals surface area contributed by atoms with Crippen molar-refractivity contribution in [1.29, 1.82) is 0 Å². The first-order chi connectivity index (χ1) is 31.9. The third-order valence-electron chi connectivity index (χ3n) is 11.8. The van der Waals surface area contributed by atoms with Crippen LogP contribution in [0.15, 0.2) is 60.0 Å².